The maximum atomic E-state index is 12.8. The van der Waals surface area contributed by atoms with Gasteiger partial charge in [-0.25, -0.2) is 0 Å². The number of rotatable bonds is 2. The van der Waals surface area contributed by atoms with Crippen LogP contribution in [0.5, 0.6) is 0 Å². The lowest BCUT2D eigenvalue weighted by Gasteiger charge is -2.46. The summed E-state index contributed by atoms with van der Waals surface area (Å²) in [4.78, 5) is 27.9. The van der Waals surface area contributed by atoms with Gasteiger partial charge in [0.05, 0.1) is 6.54 Å². The van der Waals surface area contributed by atoms with Gasteiger partial charge in [-0.05, 0) is 24.3 Å². The maximum absolute atomic E-state index is 12.8. The van der Waals surface area contributed by atoms with Crippen molar-refractivity contribution in [1.29, 1.82) is 0 Å². The van der Waals surface area contributed by atoms with Crippen molar-refractivity contribution in [3.05, 3.63) is 58.9 Å². The highest BCUT2D eigenvalue weighted by Gasteiger charge is 2.53. The molecule has 5 nitrogen and oxygen atoms in total. The van der Waals surface area contributed by atoms with Crippen LogP contribution in [-0.4, -0.2) is 39.8 Å². The van der Waals surface area contributed by atoms with Crippen molar-refractivity contribution < 1.29 is 9.59 Å². The second-order valence-corrected chi connectivity index (χ2v) is 6.04. The number of halogens is 1. The van der Waals surface area contributed by atoms with Crippen LogP contribution in [0.3, 0.4) is 0 Å². The number of hydrogen-bond donors (Lipinski definition) is 0. The Hall–Kier alpha value is -2.27. The minimum absolute atomic E-state index is 0.0458. The van der Waals surface area contributed by atoms with Gasteiger partial charge in [0, 0.05) is 29.9 Å². The summed E-state index contributed by atoms with van der Waals surface area (Å²) in [7, 11) is 0. The van der Waals surface area contributed by atoms with Crippen LogP contribution in [0.2, 0.25) is 5.02 Å². The van der Waals surface area contributed by atoms with Crippen molar-refractivity contribution in [2.45, 2.75) is 12.2 Å². The first kappa shape index (κ1) is 13.4. The van der Waals surface area contributed by atoms with E-state index in [4.69, 9.17) is 11.6 Å². The second kappa shape index (κ2) is 4.61. The molecule has 1 aromatic carbocycles. The Bertz CT molecular complexity index is 755. The third-order valence-electron chi connectivity index (χ3n) is 4.60. The molecular formula is C16H14ClN3O2. The zero-order chi connectivity index (χ0) is 15.3. The Morgan fingerprint density at radius 1 is 1.14 bits per heavy atom. The van der Waals surface area contributed by atoms with Crippen molar-refractivity contribution in [2.75, 3.05) is 13.1 Å². The molecule has 3 heterocycles. The number of fused-ring (bicyclic) bond motifs is 2. The Kier molecular flexibility index (Phi) is 2.81. The molecule has 0 radical (unpaired) electrons. The van der Waals surface area contributed by atoms with Crippen molar-refractivity contribution >= 4 is 23.9 Å². The molecule has 2 amide bonds. The molecule has 1 aromatic heterocycles. The van der Waals surface area contributed by atoms with Crippen molar-refractivity contribution in [3.8, 4) is 0 Å². The van der Waals surface area contributed by atoms with Crippen LogP contribution in [0.4, 0.5) is 0 Å². The normalized spacial score (nSPS) is 23.4. The molecular weight excluding hydrogens is 302 g/mol. The van der Waals surface area contributed by atoms with Gasteiger partial charge < -0.3 is 14.4 Å². The van der Waals surface area contributed by atoms with Gasteiger partial charge in [0.25, 0.3) is 5.91 Å². The first-order valence-electron chi connectivity index (χ1n) is 7.12. The molecule has 22 heavy (non-hydrogen) atoms. The van der Waals surface area contributed by atoms with Crippen LogP contribution >= 0.6 is 11.6 Å². The minimum Gasteiger partial charge on any atom is -0.339 e. The average molecular weight is 316 g/mol. The standard InChI is InChI=1S/C16H14ClN3O2/c17-13-5-3-12(4-6-13)16-10-18-7-1-2-14(18)15(22)20(16)9-8-19(16)11-21/h1-7,11H,8-10H2. The van der Waals surface area contributed by atoms with Crippen LogP contribution in [-0.2, 0) is 17.0 Å². The highest BCUT2D eigenvalue weighted by Crippen LogP contribution is 2.42. The van der Waals surface area contributed by atoms with Crippen LogP contribution in [0.15, 0.2) is 42.6 Å². The summed E-state index contributed by atoms with van der Waals surface area (Å²) in [5.41, 5.74) is 0.793. The fourth-order valence-electron chi connectivity index (χ4n) is 3.57. The number of carbonyl (C=O) groups is 2. The van der Waals surface area contributed by atoms with Gasteiger partial charge in [0.1, 0.15) is 5.69 Å². The van der Waals surface area contributed by atoms with E-state index < -0.39 is 5.66 Å². The SMILES string of the molecule is O=CN1CCN2C(=O)c3cccn3CC12c1ccc(Cl)cc1. The number of nitrogens with zero attached hydrogens (tertiary/aromatic N) is 3. The van der Waals surface area contributed by atoms with E-state index >= 15 is 0 Å². The summed E-state index contributed by atoms with van der Waals surface area (Å²) < 4.78 is 1.91. The third-order valence-corrected chi connectivity index (χ3v) is 4.86. The molecule has 6 heteroatoms. The molecule has 1 saturated heterocycles. The number of carbonyl (C=O) groups excluding carboxylic acids is 2. The molecule has 0 N–H and O–H groups in total. The van der Waals surface area contributed by atoms with Crippen molar-refractivity contribution in [1.82, 2.24) is 14.4 Å². The van der Waals surface area contributed by atoms with Gasteiger partial charge in [-0.15, -0.1) is 0 Å². The van der Waals surface area contributed by atoms with Gasteiger partial charge in [0.2, 0.25) is 6.41 Å². The van der Waals surface area contributed by atoms with Crippen LogP contribution in [0.1, 0.15) is 16.1 Å². The smallest absolute Gasteiger partial charge is 0.272 e. The highest BCUT2D eigenvalue weighted by molar-refractivity contribution is 6.30. The van der Waals surface area contributed by atoms with Crippen LogP contribution in [0, 0.1) is 0 Å². The van der Waals surface area contributed by atoms with Gasteiger partial charge in [0.15, 0.2) is 5.66 Å². The van der Waals surface area contributed by atoms with Crippen molar-refractivity contribution in [2.24, 2.45) is 0 Å². The van der Waals surface area contributed by atoms with Crippen LogP contribution in [0.25, 0.3) is 0 Å². The van der Waals surface area contributed by atoms with E-state index in [1.807, 2.05) is 35.0 Å². The third kappa shape index (κ3) is 1.60. The molecule has 4 rings (SSSR count). The van der Waals surface area contributed by atoms with Gasteiger partial charge >= 0.3 is 0 Å². The van der Waals surface area contributed by atoms with E-state index in [2.05, 4.69) is 0 Å². The van der Waals surface area contributed by atoms with Gasteiger partial charge in [-0.3, -0.25) is 9.59 Å². The van der Waals surface area contributed by atoms with E-state index in [1.54, 1.807) is 21.9 Å². The summed E-state index contributed by atoms with van der Waals surface area (Å²) >= 11 is 5.98. The summed E-state index contributed by atoms with van der Waals surface area (Å²) in [5.74, 6) is -0.0458. The Labute approximate surface area is 132 Å². The van der Waals surface area contributed by atoms with Gasteiger partial charge in [-0.2, -0.15) is 0 Å². The molecule has 0 aliphatic carbocycles. The summed E-state index contributed by atoms with van der Waals surface area (Å²) in [6.07, 6.45) is 2.71. The summed E-state index contributed by atoms with van der Waals surface area (Å²) in [5, 5.41) is 0.631. The zero-order valence-electron chi connectivity index (χ0n) is 11.8. The Morgan fingerprint density at radius 2 is 1.91 bits per heavy atom. The predicted molar refractivity (Wildman–Crippen MR) is 81.4 cm³/mol. The molecule has 1 unspecified atom stereocenters. The highest BCUT2D eigenvalue weighted by atomic mass is 35.5. The lowest BCUT2D eigenvalue weighted by molar-refractivity contribution is -0.126. The zero-order valence-corrected chi connectivity index (χ0v) is 12.5. The number of hydrogen-bond acceptors (Lipinski definition) is 2. The predicted octanol–water partition coefficient (Wildman–Crippen LogP) is 1.92. The largest absolute Gasteiger partial charge is 0.339 e. The lowest BCUT2D eigenvalue weighted by Crippen LogP contribution is -2.58. The first-order valence-corrected chi connectivity index (χ1v) is 7.50. The molecule has 112 valence electrons. The number of benzene rings is 1. The van der Waals surface area contributed by atoms with E-state index in [-0.39, 0.29) is 5.91 Å². The fraction of sp³-hybridized carbons (Fsp3) is 0.250. The molecule has 2 aliphatic heterocycles. The quantitative estimate of drug-likeness (QED) is 0.795. The molecule has 0 bridgehead atoms. The number of amides is 2. The van der Waals surface area contributed by atoms with E-state index in [0.29, 0.717) is 30.4 Å². The average Bonchev–Trinajstić information content (AvgIpc) is 3.13. The minimum atomic E-state index is -0.768. The maximum Gasteiger partial charge on any atom is 0.272 e. The van der Waals surface area contributed by atoms with E-state index in [0.717, 1.165) is 12.0 Å². The van der Waals surface area contributed by atoms with E-state index in [1.165, 1.54) is 0 Å². The first-order chi connectivity index (χ1) is 10.7. The van der Waals surface area contributed by atoms with E-state index in [9.17, 15) is 9.59 Å². The van der Waals surface area contributed by atoms with Gasteiger partial charge in [-0.1, -0.05) is 23.7 Å². The fourth-order valence-corrected chi connectivity index (χ4v) is 3.70. The molecule has 2 aromatic rings. The second-order valence-electron chi connectivity index (χ2n) is 5.60. The Morgan fingerprint density at radius 3 is 2.64 bits per heavy atom. The monoisotopic (exact) mass is 315 g/mol. The molecule has 1 fully saturated rings. The van der Waals surface area contributed by atoms with Crippen LogP contribution < -0.4 is 0 Å². The topological polar surface area (TPSA) is 45.6 Å². The Balaban J connectivity index is 1.93. The molecule has 2 aliphatic rings. The van der Waals surface area contributed by atoms with Crippen molar-refractivity contribution in [3.63, 3.8) is 0 Å². The molecule has 0 saturated carbocycles. The molecule has 0 spiro atoms. The molecule has 1 atom stereocenters. The lowest BCUT2D eigenvalue weighted by atomic mass is 9.94. The summed E-state index contributed by atoms with van der Waals surface area (Å²) in [6, 6.07) is 11.0. The summed E-state index contributed by atoms with van der Waals surface area (Å²) in [6.45, 7) is 1.59. The number of aromatic nitrogens is 1.